The minimum absolute atomic E-state index is 0.233. The van der Waals surface area contributed by atoms with Crippen LogP contribution in [-0.2, 0) is 13.1 Å². The fraction of sp³-hybridized carbons (Fsp3) is 0.176. The van der Waals surface area contributed by atoms with Crippen LogP contribution in [0.1, 0.15) is 17.0 Å². The average molecular weight is 296 g/mol. The Morgan fingerprint density at radius 1 is 1.09 bits per heavy atom. The number of nitrogens with one attached hydrogen (secondary N) is 1. The molecule has 4 nitrogen and oxygen atoms in total. The highest BCUT2D eigenvalue weighted by Gasteiger charge is 2.09. The van der Waals surface area contributed by atoms with Crippen LogP contribution >= 0.6 is 0 Å². The molecular weight excluding hydrogens is 279 g/mol. The zero-order valence-corrected chi connectivity index (χ0v) is 12.3. The summed E-state index contributed by atoms with van der Waals surface area (Å²) in [7, 11) is 0. The van der Waals surface area contributed by atoms with Crippen molar-refractivity contribution >= 4 is 16.7 Å². The summed E-state index contributed by atoms with van der Waals surface area (Å²) >= 11 is 0. The van der Waals surface area contributed by atoms with E-state index in [1.807, 2.05) is 31.2 Å². The van der Waals surface area contributed by atoms with Gasteiger partial charge in [-0.15, -0.1) is 0 Å². The lowest BCUT2D eigenvalue weighted by Crippen LogP contribution is -2.09. The van der Waals surface area contributed by atoms with E-state index in [0.717, 1.165) is 16.5 Å². The molecule has 0 unspecified atom stereocenters. The van der Waals surface area contributed by atoms with Crippen molar-refractivity contribution in [3.8, 4) is 0 Å². The standard InChI is InChI=1S/C17H17FN4/c1-11-5-4-7-13-16(11)21-15(9-19)22-17(13)20-10-12-6-2-3-8-14(12)18/h2-8H,9-10,19H2,1H3,(H,20,21,22). The zero-order valence-electron chi connectivity index (χ0n) is 12.3. The molecular formula is C17H17FN4. The first kappa shape index (κ1) is 14.4. The Morgan fingerprint density at radius 2 is 1.91 bits per heavy atom. The minimum atomic E-state index is -0.233. The summed E-state index contributed by atoms with van der Waals surface area (Å²) in [5.74, 6) is 1.01. The highest BCUT2D eigenvalue weighted by Crippen LogP contribution is 2.23. The van der Waals surface area contributed by atoms with E-state index in [1.165, 1.54) is 6.07 Å². The molecule has 0 aliphatic carbocycles. The minimum Gasteiger partial charge on any atom is -0.365 e. The Bertz CT molecular complexity index is 817. The molecule has 3 aromatic rings. The van der Waals surface area contributed by atoms with Gasteiger partial charge >= 0.3 is 0 Å². The normalized spacial score (nSPS) is 10.9. The molecule has 3 rings (SSSR count). The van der Waals surface area contributed by atoms with Crippen molar-refractivity contribution < 1.29 is 4.39 Å². The van der Waals surface area contributed by atoms with Gasteiger partial charge in [-0.05, 0) is 24.6 Å². The molecule has 112 valence electrons. The highest BCUT2D eigenvalue weighted by atomic mass is 19.1. The van der Waals surface area contributed by atoms with E-state index in [1.54, 1.807) is 12.1 Å². The molecule has 0 saturated heterocycles. The molecule has 0 atom stereocenters. The van der Waals surface area contributed by atoms with Crippen LogP contribution in [0.25, 0.3) is 10.9 Å². The fourth-order valence-electron chi connectivity index (χ4n) is 2.39. The van der Waals surface area contributed by atoms with Crippen molar-refractivity contribution in [1.29, 1.82) is 0 Å². The van der Waals surface area contributed by atoms with Gasteiger partial charge in [0, 0.05) is 17.5 Å². The molecule has 1 heterocycles. The van der Waals surface area contributed by atoms with E-state index in [4.69, 9.17) is 5.73 Å². The van der Waals surface area contributed by atoms with Gasteiger partial charge in [-0.3, -0.25) is 0 Å². The Hall–Kier alpha value is -2.53. The van der Waals surface area contributed by atoms with Crippen LogP contribution in [0.5, 0.6) is 0 Å². The molecule has 2 aromatic carbocycles. The molecule has 0 aliphatic rings. The van der Waals surface area contributed by atoms with Gasteiger partial charge in [0.2, 0.25) is 0 Å². The van der Waals surface area contributed by atoms with E-state index in [-0.39, 0.29) is 12.4 Å². The third kappa shape index (κ3) is 2.76. The number of benzene rings is 2. The summed E-state index contributed by atoms with van der Waals surface area (Å²) < 4.78 is 13.7. The van der Waals surface area contributed by atoms with Crippen LogP contribution in [0, 0.1) is 12.7 Å². The fourth-order valence-corrected chi connectivity index (χ4v) is 2.39. The SMILES string of the molecule is Cc1cccc2c(NCc3ccccc3F)nc(CN)nc12. The lowest BCUT2D eigenvalue weighted by Gasteiger charge is -2.12. The van der Waals surface area contributed by atoms with Gasteiger partial charge in [0.1, 0.15) is 17.5 Å². The number of anilines is 1. The van der Waals surface area contributed by atoms with Crippen LogP contribution in [0.3, 0.4) is 0 Å². The summed E-state index contributed by atoms with van der Waals surface area (Å²) in [6.07, 6.45) is 0. The molecule has 5 heteroatoms. The third-order valence-electron chi connectivity index (χ3n) is 3.56. The molecule has 0 fully saturated rings. The second-order valence-electron chi connectivity index (χ2n) is 5.11. The summed E-state index contributed by atoms with van der Waals surface area (Å²) in [6.45, 7) is 2.62. The number of nitrogens with two attached hydrogens (primary N) is 1. The number of aromatic nitrogens is 2. The lowest BCUT2D eigenvalue weighted by molar-refractivity contribution is 0.613. The summed E-state index contributed by atoms with van der Waals surface area (Å²) in [5, 5.41) is 4.11. The Balaban J connectivity index is 1.99. The molecule has 1 aromatic heterocycles. The first-order valence-electron chi connectivity index (χ1n) is 7.12. The maximum Gasteiger partial charge on any atom is 0.144 e. The van der Waals surface area contributed by atoms with Crippen LogP contribution in [-0.4, -0.2) is 9.97 Å². The largest absolute Gasteiger partial charge is 0.365 e. The van der Waals surface area contributed by atoms with Crippen LogP contribution in [0.2, 0.25) is 0 Å². The molecule has 0 radical (unpaired) electrons. The molecule has 22 heavy (non-hydrogen) atoms. The topological polar surface area (TPSA) is 63.8 Å². The monoisotopic (exact) mass is 296 g/mol. The van der Waals surface area contributed by atoms with E-state index in [0.29, 0.717) is 23.8 Å². The third-order valence-corrected chi connectivity index (χ3v) is 3.56. The van der Waals surface area contributed by atoms with Crippen molar-refractivity contribution in [3.63, 3.8) is 0 Å². The Labute approximate surface area is 128 Å². The van der Waals surface area contributed by atoms with Crippen molar-refractivity contribution in [3.05, 3.63) is 65.2 Å². The number of aryl methyl sites for hydroxylation is 1. The van der Waals surface area contributed by atoms with Crippen molar-refractivity contribution in [2.24, 2.45) is 5.73 Å². The van der Waals surface area contributed by atoms with Crippen LogP contribution < -0.4 is 11.1 Å². The number of hydrogen-bond donors (Lipinski definition) is 2. The molecule has 0 aliphatic heterocycles. The smallest absolute Gasteiger partial charge is 0.144 e. The molecule has 0 spiro atoms. The van der Waals surface area contributed by atoms with Crippen LogP contribution in [0.15, 0.2) is 42.5 Å². The summed E-state index contributed by atoms with van der Waals surface area (Å²) in [6, 6.07) is 12.6. The van der Waals surface area contributed by atoms with Gasteiger partial charge in [0.15, 0.2) is 0 Å². The number of fused-ring (bicyclic) bond motifs is 1. The Morgan fingerprint density at radius 3 is 2.68 bits per heavy atom. The van der Waals surface area contributed by atoms with Crippen LogP contribution in [0.4, 0.5) is 10.2 Å². The second kappa shape index (κ2) is 6.07. The van der Waals surface area contributed by atoms with E-state index in [9.17, 15) is 4.39 Å². The average Bonchev–Trinajstić information content (AvgIpc) is 2.54. The number of nitrogens with zero attached hydrogens (tertiary/aromatic N) is 2. The first-order chi connectivity index (χ1) is 10.7. The van der Waals surface area contributed by atoms with Gasteiger partial charge in [0.05, 0.1) is 12.1 Å². The number of halogens is 1. The van der Waals surface area contributed by atoms with E-state index < -0.39 is 0 Å². The van der Waals surface area contributed by atoms with E-state index >= 15 is 0 Å². The van der Waals surface area contributed by atoms with Gasteiger partial charge in [-0.1, -0.05) is 30.3 Å². The number of para-hydroxylation sites is 1. The highest BCUT2D eigenvalue weighted by molar-refractivity contribution is 5.91. The van der Waals surface area contributed by atoms with Crippen molar-refractivity contribution in [2.45, 2.75) is 20.0 Å². The quantitative estimate of drug-likeness (QED) is 0.776. The second-order valence-corrected chi connectivity index (χ2v) is 5.11. The maximum absolute atomic E-state index is 13.7. The number of hydrogen-bond acceptors (Lipinski definition) is 4. The van der Waals surface area contributed by atoms with Crippen molar-refractivity contribution in [2.75, 3.05) is 5.32 Å². The predicted molar refractivity (Wildman–Crippen MR) is 85.9 cm³/mol. The van der Waals surface area contributed by atoms with Gasteiger partial charge < -0.3 is 11.1 Å². The molecule has 3 N–H and O–H groups in total. The molecule has 0 amide bonds. The van der Waals surface area contributed by atoms with Crippen molar-refractivity contribution in [1.82, 2.24) is 9.97 Å². The van der Waals surface area contributed by atoms with Gasteiger partial charge in [0.25, 0.3) is 0 Å². The van der Waals surface area contributed by atoms with E-state index in [2.05, 4.69) is 15.3 Å². The van der Waals surface area contributed by atoms with Gasteiger partial charge in [-0.25, -0.2) is 14.4 Å². The lowest BCUT2D eigenvalue weighted by atomic mass is 10.1. The predicted octanol–water partition coefficient (Wildman–Crippen LogP) is 3.15. The molecule has 0 bridgehead atoms. The maximum atomic E-state index is 13.7. The summed E-state index contributed by atoms with van der Waals surface area (Å²) in [4.78, 5) is 8.91. The zero-order chi connectivity index (χ0) is 15.5. The first-order valence-corrected chi connectivity index (χ1v) is 7.12. The van der Waals surface area contributed by atoms with Gasteiger partial charge in [-0.2, -0.15) is 0 Å². The Kier molecular flexibility index (Phi) is 3.98. The summed E-state index contributed by atoms with van der Waals surface area (Å²) in [5.41, 5.74) is 8.20. The molecule has 0 saturated carbocycles. The number of rotatable bonds is 4.